The second kappa shape index (κ2) is 11.3. The first-order valence-electron chi connectivity index (χ1n) is 12.6. The van der Waals surface area contributed by atoms with E-state index >= 15 is 0 Å². The summed E-state index contributed by atoms with van der Waals surface area (Å²) >= 11 is 0. The van der Waals surface area contributed by atoms with Crippen molar-refractivity contribution in [3.05, 3.63) is 47.5 Å². The Labute approximate surface area is 208 Å². The van der Waals surface area contributed by atoms with E-state index in [1.54, 1.807) is 13.2 Å². The maximum atomic E-state index is 11.9. The molecule has 190 valence electrons. The Morgan fingerprint density at radius 3 is 2.60 bits per heavy atom. The molecule has 1 amide bonds. The first kappa shape index (κ1) is 25.3. The highest BCUT2D eigenvalue weighted by Crippen LogP contribution is 2.39. The van der Waals surface area contributed by atoms with Crippen LogP contribution in [0.4, 0.5) is 5.69 Å². The zero-order valence-corrected chi connectivity index (χ0v) is 21.1. The number of carbonyl (C=O) groups excluding carboxylic acids is 1. The van der Waals surface area contributed by atoms with Gasteiger partial charge < -0.3 is 30.0 Å². The highest BCUT2D eigenvalue weighted by atomic mass is 16.5. The van der Waals surface area contributed by atoms with Crippen LogP contribution in [0.1, 0.15) is 63.2 Å². The van der Waals surface area contributed by atoms with Crippen LogP contribution in [0, 0.1) is 5.92 Å². The van der Waals surface area contributed by atoms with Crippen LogP contribution in [-0.2, 0) is 11.2 Å². The van der Waals surface area contributed by atoms with Crippen molar-refractivity contribution in [2.45, 2.75) is 64.0 Å². The van der Waals surface area contributed by atoms with Crippen LogP contribution in [0.3, 0.4) is 0 Å². The average Bonchev–Trinajstić information content (AvgIpc) is 2.86. The van der Waals surface area contributed by atoms with E-state index in [0.29, 0.717) is 41.8 Å². The van der Waals surface area contributed by atoms with Crippen molar-refractivity contribution in [1.29, 1.82) is 0 Å². The van der Waals surface area contributed by atoms with Gasteiger partial charge in [-0.2, -0.15) is 0 Å². The molecular formula is C28H38N2O5. The summed E-state index contributed by atoms with van der Waals surface area (Å²) in [5.41, 5.74) is 2.10. The molecule has 7 nitrogen and oxygen atoms in total. The predicted molar refractivity (Wildman–Crippen MR) is 136 cm³/mol. The van der Waals surface area contributed by atoms with Crippen molar-refractivity contribution in [2.24, 2.45) is 5.92 Å². The zero-order valence-electron chi connectivity index (χ0n) is 21.1. The minimum absolute atomic E-state index is 0.0641. The van der Waals surface area contributed by atoms with E-state index in [1.807, 2.05) is 18.2 Å². The van der Waals surface area contributed by atoms with Crippen molar-refractivity contribution in [3.8, 4) is 17.2 Å². The molecular weight excluding hydrogens is 444 g/mol. The summed E-state index contributed by atoms with van der Waals surface area (Å²) in [4.78, 5) is 11.9. The summed E-state index contributed by atoms with van der Waals surface area (Å²) in [6.07, 6.45) is 6.15. The molecule has 2 aliphatic rings. The molecule has 0 saturated heterocycles. The number of fused-ring (bicyclic) bond motifs is 1. The SMILES string of the molecule is COc1ccc(CC(C)(C)NCC(O)c2cc(OCC3CCCCC3)cc3c2OCC(=O)N3)cc1. The lowest BCUT2D eigenvalue weighted by Crippen LogP contribution is -2.43. The fourth-order valence-electron chi connectivity index (χ4n) is 4.90. The highest BCUT2D eigenvalue weighted by Gasteiger charge is 2.27. The zero-order chi connectivity index (χ0) is 24.8. The predicted octanol–water partition coefficient (Wildman–Crippen LogP) is 4.63. The van der Waals surface area contributed by atoms with Crippen molar-refractivity contribution < 1.29 is 24.1 Å². The van der Waals surface area contributed by atoms with Gasteiger partial charge in [-0.1, -0.05) is 31.4 Å². The molecule has 1 unspecified atom stereocenters. The third kappa shape index (κ3) is 6.89. The van der Waals surface area contributed by atoms with Gasteiger partial charge in [-0.25, -0.2) is 0 Å². The van der Waals surface area contributed by atoms with Crippen molar-refractivity contribution in [1.82, 2.24) is 5.32 Å². The normalized spacial score (nSPS) is 17.2. The van der Waals surface area contributed by atoms with Crippen molar-refractivity contribution in [2.75, 3.05) is 32.2 Å². The van der Waals surface area contributed by atoms with E-state index in [2.05, 4.69) is 36.6 Å². The lowest BCUT2D eigenvalue weighted by Gasteiger charge is -2.30. The number of nitrogens with one attached hydrogen (secondary N) is 2. The molecule has 1 aliphatic heterocycles. The summed E-state index contributed by atoms with van der Waals surface area (Å²) < 4.78 is 17.1. The van der Waals surface area contributed by atoms with E-state index in [1.165, 1.54) is 37.7 Å². The van der Waals surface area contributed by atoms with E-state index in [-0.39, 0.29) is 18.1 Å². The van der Waals surface area contributed by atoms with Gasteiger partial charge in [0.25, 0.3) is 5.91 Å². The summed E-state index contributed by atoms with van der Waals surface area (Å²) in [5.74, 6) is 2.33. The van der Waals surface area contributed by atoms with Gasteiger partial charge in [-0.3, -0.25) is 4.79 Å². The van der Waals surface area contributed by atoms with Gasteiger partial charge in [0.05, 0.1) is 25.5 Å². The Bertz CT molecular complexity index is 999. The maximum absolute atomic E-state index is 11.9. The van der Waals surface area contributed by atoms with Gasteiger partial charge in [0.15, 0.2) is 6.61 Å². The number of carbonyl (C=O) groups is 1. The number of ether oxygens (including phenoxy) is 3. The molecule has 1 fully saturated rings. The number of rotatable bonds is 10. The molecule has 1 saturated carbocycles. The minimum Gasteiger partial charge on any atom is -0.497 e. The van der Waals surface area contributed by atoms with Gasteiger partial charge in [0.2, 0.25) is 0 Å². The maximum Gasteiger partial charge on any atom is 0.262 e. The molecule has 0 radical (unpaired) electrons. The third-order valence-electron chi connectivity index (χ3n) is 6.86. The smallest absolute Gasteiger partial charge is 0.262 e. The topological polar surface area (TPSA) is 89.1 Å². The number of hydrogen-bond donors (Lipinski definition) is 3. The van der Waals surface area contributed by atoms with Gasteiger partial charge in [0.1, 0.15) is 17.2 Å². The number of amides is 1. The number of β-amino-alcohol motifs (C(OH)–C–C–N with tert-alkyl or cyclic N) is 1. The molecule has 4 rings (SSSR count). The molecule has 3 N–H and O–H groups in total. The Kier molecular flexibility index (Phi) is 8.19. The fourth-order valence-corrected chi connectivity index (χ4v) is 4.90. The first-order chi connectivity index (χ1) is 16.8. The average molecular weight is 483 g/mol. The van der Waals surface area contributed by atoms with Crippen LogP contribution in [0.25, 0.3) is 0 Å². The minimum atomic E-state index is -0.827. The van der Waals surface area contributed by atoms with Gasteiger partial charge in [0, 0.05) is 23.7 Å². The molecule has 1 aliphatic carbocycles. The standard InChI is InChI=1S/C28H38N2O5/c1-28(2,15-19-9-11-21(33-3)12-10-19)29-16-25(31)23-13-22(34-17-20-7-5-4-6-8-20)14-24-27(23)35-18-26(32)30-24/h9-14,20,25,29,31H,4-8,15-18H2,1-3H3,(H,30,32). The summed E-state index contributed by atoms with van der Waals surface area (Å²) in [7, 11) is 1.66. The van der Waals surface area contributed by atoms with Crippen molar-refractivity contribution in [3.63, 3.8) is 0 Å². The van der Waals surface area contributed by atoms with Crippen molar-refractivity contribution >= 4 is 11.6 Å². The fraction of sp³-hybridized carbons (Fsp3) is 0.536. The van der Waals surface area contributed by atoms with Gasteiger partial charge >= 0.3 is 0 Å². The monoisotopic (exact) mass is 482 g/mol. The van der Waals surface area contributed by atoms with Crippen LogP contribution in [0.5, 0.6) is 17.2 Å². The Balaban J connectivity index is 1.44. The molecule has 1 heterocycles. The first-order valence-corrected chi connectivity index (χ1v) is 12.6. The number of methoxy groups -OCH3 is 1. The molecule has 0 bridgehead atoms. The highest BCUT2D eigenvalue weighted by molar-refractivity contribution is 5.96. The molecule has 2 aromatic rings. The number of benzene rings is 2. The summed E-state index contributed by atoms with van der Waals surface area (Å²) in [6, 6.07) is 11.7. The Morgan fingerprint density at radius 1 is 1.14 bits per heavy atom. The molecule has 35 heavy (non-hydrogen) atoms. The second-order valence-electron chi connectivity index (χ2n) is 10.3. The van der Waals surface area contributed by atoms with Gasteiger partial charge in [-0.15, -0.1) is 0 Å². The lowest BCUT2D eigenvalue weighted by atomic mass is 9.90. The largest absolute Gasteiger partial charge is 0.497 e. The number of anilines is 1. The van der Waals surface area contributed by atoms with Crippen LogP contribution >= 0.6 is 0 Å². The van der Waals surface area contributed by atoms with Crippen LogP contribution in [0.15, 0.2) is 36.4 Å². The third-order valence-corrected chi connectivity index (χ3v) is 6.86. The lowest BCUT2D eigenvalue weighted by molar-refractivity contribution is -0.118. The molecule has 1 atom stereocenters. The molecule has 0 aromatic heterocycles. The summed E-state index contributed by atoms with van der Waals surface area (Å²) in [6.45, 7) is 5.14. The van der Waals surface area contributed by atoms with Crippen LogP contribution in [-0.4, -0.2) is 43.4 Å². The van der Waals surface area contributed by atoms with Gasteiger partial charge in [-0.05, 0) is 62.8 Å². The Morgan fingerprint density at radius 2 is 1.89 bits per heavy atom. The molecule has 0 spiro atoms. The quantitative estimate of drug-likeness (QED) is 0.458. The van der Waals surface area contributed by atoms with E-state index in [0.717, 1.165) is 12.2 Å². The van der Waals surface area contributed by atoms with E-state index in [9.17, 15) is 9.90 Å². The number of hydrogen-bond acceptors (Lipinski definition) is 6. The molecule has 2 aromatic carbocycles. The van der Waals surface area contributed by atoms with E-state index < -0.39 is 6.10 Å². The number of aliphatic hydroxyl groups excluding tert-OH is 1. The number of aliphatic hydroxyl groups is 1. The Hall–Kier alpha value is -2.77. The van der Waals surface area contributed by atoms with Crippen LogP contribution < -0.4 is 24.8 Å². The summed E-state index contributed by atoms with van der Waals surface area (Å²) in [5, 5.41) is 17.5. The second-order valence-corrected chi connectivity index (χ2v) is 10.3. The molecule has 7 heteroatoms. The van der Waals surface area contributed by atoms with E-state index in [4.69, 9.17) is 14.2 Å². The van der Waals surface area contributed by atoms with Crippen LogP contribution in [0.2, 0.25) is 0 Å².